The smallest absolute Gasteiger partial charge is 0.256 e. The number of fused-ring (bicyclic) bond motifs is 1. The Labute approximate surface area is 148 Å². The summed E-state index contributed by atoms with van der Waals surface area (Å²) < 4.78 is 14.0. The highest BCUT2D eigenvalue weighted by Crippen LogP contribution is 2.36. The molecule has 1 aromatic carbocycles. The van der Waals surface area contributed by atoms with E-state index in [-0.39, 0.29) is 5.56 Å². The third-order valence-electron chi connectivity index (χ3n) is 4.20. The molecule has 1 aliphatic carbocycles. The third-order valence-corrected chi connectivity index (χ3v) is 5.64. The standard InChI is InChI=1S/C18H15FN2OS2/c1-10-5-6-13-14(7-10)18(23)24-17(15(13)9-20)21-16(22)11-3-2-4-12(19)8-11/h2-4,8,10H,5-7H2,1H3,(H,21,22). The van der Waals surface area contributed by atoms with Crippen molar-refractivity contribution in [1.82, 2.24) is 0 Å². The van der Waals surface area contributed by atoms with E-state index in [1.54, 1.807) is 0 Å². The Morgan fingerprint density at radius 1 is 1.46 bits per heavy atom. The highest BCUT2D eigenvalue weighted by molar-refractivity contribution is 7.73. The molecule has 0 bridgehead atoms. The van der Waals surface area contributed by atoms with Crippen LogP contribution < -0.4 is 5.32 Å². The molecule has 0 spiro atoms. The lowest BCUT2D eigenvalue weighted by Gasteiger charge is -2.23. The predicted octanol–water partition coefficient (Wildman–Crippen LogP) is 4.87. The fourth-order valence-corrected chi connectivity index (χ4v) is 4.34. The first-order chi connectivity index (χ1) is 11.5. The summed E-state index contributed by atoms with van der Waals surface area (Å²) in [7, 11) is 0. The fraction of sp³-hybridized carbons (Fsp3) is 0.278. The minimum Gasteiger partial charge on any atom is -0.312 e. The molecule has 1 aliphatic rings. The molecule has 24 heavy (non-hydrogen) atoms. The number of nitrogens with zero attached hydrogens (tertiary/aromatic N) is 1. The SMILES string of the molecule is CC1CCc2c(C#N)c(NC(=O)c3cccc(F)c3)sc(=S)c2C1. The van der Waals surface area contributed by atoms with Crippen LogP contribution in [-0.4, -0.2) is 5.91 Å². The van der Waals surface area contributed by atoms with Crippen molar-refractivity contribution in [3.05, 3.63) is 56.2 Å². The Bertz CT molecular complexity index is 914. The lowest BCUT2D eigenvalue weighted by Crippen LogP contribution is -2.17. The molecule has 1 heterocycles. The van der Waals surface area contributed by atoms with Crippen LogP contribution in [0.25, 0.3) is 0 Å². The number of anilines is 1. The molecule has 1 amide bonds. The normalized spacial score (nSPS) is 16.1. The van der Waals surface area contributed by atoms with Gasteiger partial charge in [0.2, 0.25) is 0 Å². The summed E-state index contributed by atoms with van der Waals surface area (Å²) in [6, 6.07) is 7.67. The predicted molar refractivity (Wildman–Crippen MR) is 95.4 cm³/mol. The number of benzene rings is 1. The van der Waals surface area contributed by atoms with Gasteiger partial charge < -0.3 is 5.32 Å². The molecule has 0 fully saturated rings. The Morgan fingerprint density at radius 3 is 2.96 bits per heavy atom. The largest absolute Gasteiger partial charge is 0.312 e. The number of halogens is 1. The molecule has 1 aromatic heterocycles. The van der Waals surface area contributed by atoms with Crippen LogP contribution in [0.15, 0.2) is 24.3 Å². The van der Waals surface area contributed by atoms with Crippen LogP contribution in [0.3, 0.4) is 0 Å². The van der Waals surface area contributed by atoms with Crippen LogP contribution >= 0.6 is 23.6 Å². The molecular weight excluding hydrogens is 343 g/mol. The first-order valence-electron chi connectivity index (χ1n) is 7.65. The van der Waals surface area contributed by atoms with Gasteiger partial charge in [0.05, 0.1) is 9.39 Å². The summed E-state index contributed by atoms with van der Waals surface area (Å²) in [6.45, 7) is 2.17. The maximum absolute atomic E-state index is 13.3. The van der Waals surface area contributed by atoms with Crippen molar-refractivity contribution in [2.24, 2.45) is 5.92 Å². The highest BCUT2D eigenvalue weighted by Gasteiger charge is 2.23. The number of carbonyl (C=O) groups excluding carboxylic acids is 1. The topological polar surface area (TPSA) is 52.9 Å². The van der Waals surface area contributed by atoms with Crippen LogP contribution in [0.4, 0.5) is 9.39 Å². The van der Waals surface area contributed by atoms with Gasteiger partial charge >= 0.3 is 0 Å². The van der Waals surface area contributed by atoms with Crippen LogP contribution in [0.5, 0.6) is 0 Å². The molecule has 2 aromatic rings. The summed E-state index contributed by atoms with van der Waals surface area (Å²) in [4.78, 5) is 12.4. The Morgan fingerprint density at radius 2 is 2.25 bits per heavy atom. The minimum absolute atomic E-state index is 0.211. The van der Waals surface area contributed by atoms with Gasteiger partial charge in [-0.25, -0.2) is 4.39 Å². The van der Waals surface area contributed by atoms with Gasteiger partial charge in [0.25, 0.3) is 5.91 Å². The van der Waals surface area contributed by atoms with E-state index >= 15 is 0 Å². The van der Waals surface area contributed by atoms with Gasteiger partial charge in [0, 0.05) is 5.56 Å². The number of amides is 1. The molecular formula is C18H15FN2OS2. The second-order valence-electron chi connectivity index (χ2n) is 5.97. The molecule has 3 rings (SSSR count). The number of rotatable bonds is 2. The van der Waals surface area contributed by atoms with Crippen LogP contribution in [0, 0.1) is 26.9 Å². The van der Waals surface area contributed by atoms with E-state index in [9.17, 15) is 14.4 Å². The van der Waals surface area contributed by atoms with Crippen LogP contribution in [0.2, 0.25) is 0 Å². The van der Waals surface area contributed by atoms with Gasteiger partial charge in [0.1, 0.15) is 16.9 Å². The molecule has 6 heteroatoms. The average Bonchev–Trinajstić information content (AvgIpc) is 2.55. The molecule has 1 unspecified atom stereocenters. The number of nitriles is 1. The second-order valence-corrected chi connectivity index (χ2v) is 7.66. The summed E-state index contributed by atoms with van der Waals surface area (Å²) in [6.07, 6.45) is 2.67. The maximum atomic E-state index is 13.3. The van der Waals surface area contributed by atoms with Crippen molar-refractivity contribution < 1.29 is 9.18 Å². The highest BCUT2D eigenvalue weighted by atomic mass is 32.1. The van der Waals surface area contributed by atoms with Crippen molar-refractivity contribution in [1.29, 1.82) is 5.26 Å². The van der Waals surface area contributed by atoms with Crippen LogP contribution in [-0.2, 0) is 12.8 Å². The molecule has 0 radical (unpaired) electrons. The number of nitrogens with one attached hydrogen (secondary N) is 1. The van der Waals surface area contributed by atoms with E-state index < -0.39 is 11.7 Å². The van der Waals surface area contributed by atoms with Gasteiger partial charge in [-0.05, 0) is 54.5 Å². The Hall–Kier alpha value is -2.10. The van der Waals surface area contributed by atoms with E-state index in [4.69, 9.17) is 12.2 Å². The van der Waals surface area contributed by atoms with Crippen molar-refractivity contribution in [3.63, 3.8) is 0 Å². The second kappa shape index (κ2) is 6.80. The van der Waals surface area contributed by atoms with Crippen molar-refractivity contribution in [2.45, 2.75) is 26.2 Å². The van der Waals surface area contributed by atoms with Gasteiger partial charge in [-0.3, -0.25) is 4.79 Å². The molecule has 0 aliphatic heterocycles. The zero-order valence-electron chi connectivity index (χ0n) is 13.1. The third kappa shape index (κ3) is 3.23. The molecule has 1 atom stereocenters. The Balaban J connectivity index is 2.00. The van der Waals surface area contributed by atoms with Gasteiger partial charge in [-0.1, -0.05) is 25.2 Å². The number of hydrogen-bond donors (Lipinski definition) is 1. The van der Waals surface area contributed by atoms with E-state index in [2.05, 4.69) is 18.3 Å². The minimum atomic E-state index is -0.477. The number of hydrogen-bond acceptors (Lipinski definition) is 4. The van der Waals surface area contributed by atoms with E-state index in [1.807, 2.05) is 0 Å². The van der Waals surface area contributed by atoms with Gasteiger partial charge in [0.15, 0.2) is 0 Å². The fourth-order valence-electron chi connectivity index (χ4n) is 2.95. The lowest BCUT2D eigenvalue weighted by atomic mass is 9.85. The summed E-state index contributed by atoms with van der Waals surface area (Å²) in [5, 5.41) is 12.8. The average molecular weight is 358 g/mol. The van der Waals surface area contributed by atoms with Gasteiger partial charge in [-0.15, -0.1) is 11.3 Å². The first kappa shape index (κ1) is 16.7. The maximum Gasteiger partial charge on any atom is 0.256 e. The molecule has 1 N–H and O–H groups in total. The summed E-state index contributed by atoms with van der Waals surface area (Å²) >= 11 is 6.71. The molecule has 122 valence electrons. The lowest BCUT2D eigenvalue weighted by molar-refractivity contribution is 0.102. The van der Waals surface area contributed by atoms with E-state index in [0.29, 0.717) is 20.3 Å². The quantitative estimate of drug-likeness (QED) is 0.780. The van der Waals surface area contributed by atoms with Crippen molar-refractivity contribution >= 4 is 34.5 Å². The van der Waals surface area contributed by atoms with Crippen molar-refractivity contribution in [3.8, 4) is 6.07 Å². The van der Waals surface area contributed by atoms with Gasteiger partial charge in [-0.2, -0.15) is 5.26 Å². The monoisotopic (exact) mass is 358 g/mol. The molecule has 0 saturated heterocycles. The van der Waals surface area contributed by atoms with E-state index in [1.165, 1.54) is 35.6 Å². The summed E-state index contributed by atoms with van der Waals surface area (Å²) in [5.74, 6) is -0.373. The first-order valence-corrected chi connectivity index (χ1v) is 8.88. The van der Waals surface area contributed by atoms with Crippen molar-refractivity contribution in [2.75, 3.05) is 5.32 Å². The van der Waals surface area contributed by atoms with E-state index in [0.717, 1.165) is 30.4 Å². The Kier molecular flexibility index (Phi) is 4.74. The molecule has 0 saturated carbocycles. The zero-order chi connectivity index (χ0) is 17.3. The number of carbonyl (C=O) groups is 1. The van der Waals surface area contributed by atoms with Crippen LogP contribution in [0.1, 0.15) is 40.4 Å². The molecule has 3 nitrogen and oxygen atoms in total. The zero-order valence-corrected chi connectivity index (χ0v) is 14.7. The summed E-state index contributed by atoms with van der Waals surface area (Å²) in [5.41, 5.74) is 2.71.